The van der Waals surface area contributed by atoms with E-state index in [1.807, 2.05) is 24.4 Å². The predicted octanol–water partition coefficient (Wildman–Crippen LogP) is 4.96. The minimum absolute atomic E-state index is 0. The molecule has 1 atom stereocenters. The van der Waals surface area contributed by atoms with Crippen LogP contribution in [0.1, 0.15) is 41.1 Å². The van der Waals surface area contributed by atoms with Crippen LogP contribution in [0.3, 0.4) is 0 Å². The average Bonchev–Trinajstić information content (AvgIpc) is 3.38. The Labute approximate surface area is 187 Å². The largest absolute Gasteiger partial charge is 0.469 e. The van der Waals surface area contributed by atoms with Crippen molar-refractivity contribution < 1.29 is 4.42 Å². The quantitative estimate of drug-likeness (QED) is 0.256. The summed E-state index contributed by atoms with van der Waals surface area (Å²) >= 11 is 1.72. The van der Waals surface area contributed by atoms with Crippen molar-refractivity contribution in [1.29, 1.82) is 0 Å². The van der Waals surface area contributed by atoms with Crippen LogP contribution >= 0.6 is 35.3 Å². The number of nitrogens with zero attached hydrogens (tertiary/aromatic N) is 2. The maximum Gasteiger partial charge on any atom is 0.192 e. The summed E-state index contributed by atoms with van der Waals surface area (Å²) in [4.78, 5) is 10.5. The molecule has 1 unspecified atom stereocenters. The third-order valence-electron chi connectivity index (χ3n) is 4.22. The van der Waals surface area contributed by atoms with Crippen molar-refractivity contribution in [3.05, 3.63) is 76.1 Å². The molecule has 0 aliphatic carbocycles. The molecule has 0 amide bonds. The van der Waals surface area contributed by atoms with Gasteiger partial charge in [-0.3, -0.25) is 0 Å². The molecule has 28 heavy (non-hydrogen) atoms. The Kier molecular flexibility index (Phi) is 9.49. The molecule has 5 nitrogen and oxygen atoms in total. The molecule has 0 fully saturated rings. The molecule has 7 heteroatoms. The number of thiazole rings is 1. The molecule has 2 heterocycles. The van der Waals surface area contributed by atoms with Crippen LogP contribution in [0.5, 0.6) is 0 Å². The smallest absolute Gasteiger partial charge is 0.192 e. The Morgan fingerprint density at radius 2 is 2.04 bits per heavy atom. The highest BCUT2D eigenvalue weighted by Gasteiger charge is 2.09. The van der Waals surface area contributed by atoms with Crippen LogP contribution < -0.4 is 10.6 Å². The van der Waals surface area contributed by atoms with E-state index in [9.17, 15) is 0 Å². The van der Waals surface area contributed by atoms with Crippen LogP contribution in [-0.2, 0) is 19.4 Å². The maximum atomic E-state index is 5.40. The first-order valence-corrected chi connectivity index (χ1v) is 10.1. The Morgan fingerprint density at radius 1 is 1.21 bits per heavy atom. The van der Waals surface area contributed by atoms with Crippen molar-refractivity contribution in [3.63, 3.8) is 0 Å². The summed E-state index contributed by atoms with van der Waals surface area (Å²) in [5, 5.41) is 7.93. The number of aromatic nitrogens is 1. The number of aryl methyl sites for hydroxylation is 1. The third kappa shape index (κ3) is 6.94. The van der Waals surface area contributed by atoms with Gasteiger partial charge in [-0.05, 0) is 31.0 Å². The van der Waals surface area contributed by atoms with E-state index in [0.29, 0.717) is 6.54 Å². The maximum absolute atomic E-state index is 5.40. The molecule has 2 aromatic heterocycles. The predicted molar refractivity (Wildman–Crippen MR) is 126 cm³/mol. The molecule has 3 aromatic rings. The second-order valence-corrected chi connectivity index (χ2v) is 7.47. The van der Waals surface area contributed by atoms with Crippen molar-refractivity contribution >= 4 is 41.3 Å². The van der Waals surface area contributed by atoms with Gasteiger partial charge in [0.15, 0.2) is 5.96 Å². The first kappa shape index (κ1) is 22.4. The summed E-state index contributed by atoms with van der Waals surface area (Å²) < 4.78 is 5.40. The van der Waals surface area contributed by atoms with E-state index in [1.54, 1.807) is 17.6 Å². The van der Waals surface area contributed by atoms with E-state index in [4.69, 9.17) is 9.41 Å². The third-order valence-corrected chi connectivity index (χ3v) is 5.35. The van der Waals surface area contributed by atoms with Gasteiger partial charge in [-0.25, -0.2) is 9.98 Å². The summed E-state index contributed by atoms with van der Waals surface area (Å²) in [6, 6.07) is 14.4. The lowest BCUT2D eigenvalue weighted by Crippen LogP contribution is -2.39. The fraction of sp³-hybridized carbons (Fsp3) is 0.333. The number of nitrogens with one attached hydrogen (secondary N) is 2. The van der Waals surface area contributed by atoms with E-state index in [0.717, 1.165) is 36.1 Å². The van der Waals surface area contributed by atoms with E-state index in [-0.39, 0.29) is 30.0 Å². The van der Waals surface area contributed by atoms with E-state index in [2.05, 4.69) is 53.7 Å². The molecule has 2 N–H and O–H groups in total. The first-order valence-electron chi connectivity index (χ1n) is 9.30. The molecule has 0 aliphatic rings. The number of guanidine groups is 1. The molecule has 0 aliphatic heterocycles. The zero-order chi connectivity index (χ0) is 18.9. The average molecular weight is 510 g/mol. The van der Waals surface area contributed by atoms with Gasteiger partial charge in [-0.15, -0.1) is 35.3 Å². The van der Waals surface area contributed by atoms with Crippen molar-refractivity contribution in [2.45, 2.75) is 39.3 Å². The highest BCUT2D eigenvalue weighted by Crippen LogP contribution is 2.15. The summed E-state index contributed by atoms with van der Waals surface area (Å²) in [6.07, 6.45) is 5.47. The number of furan rings is 1. The minimum atomic E-state index is 0. The molecule has 150 valence electrons. The van der Waals surface area contributed by atoms with Crippen LogP contribution in [-0.4, -0.2) is 17.5 Å². The van der Waals surface area contributed by atoms with Gasteiger partial charge in [0.25, 0.3) is 0 Å². The van der Waals surface area contributed by atoms with Gasteiger partial charge >= 0.3 is 0 Å². The Bertz CT molecular complexity index is 833. The topological polar surface area (TPSA) is 62.5 Å². The molecular formula is C21H27IN4OS. The fourth-order valence-electron chi connectivity index (χ4n) is 2.67. The minimum Gasteiger partial charge on any atom is -0.469 e. The standard InChI is InChI=1S/C21H26N4OS.HI/c1-3-19-14-23-20(27-19)15-24-21(22-12-11-18-10-7-13-26-18)25-16(2)17-8-5-4-6-9-17;/h4-10,13-14,16H,3,11-12,15H2,1-2H3,(H2,22,24,25);1H. The van der Waals surface area contributed by atoms with Crippen LogP contribution in [0.25, 0.3) is 0 Å². The summed E-state index contributed by atoms with van der Waals surface area (Å²) in [6.45, 7) is 5.60. The van der Waals surface area contributed by atoms with Crippen LogP contribution in [0, 0.1) is 0 Å². The SMILES string of the molecule is CCc1cnc(CN=C(NCCc2ccco2)NC(C)c2ccccc2)s1.I. The van der Waals surface area contributed by atoms with Crippen LogP contribution in [0.4, 0.5) is 0 Å². The van der Waals surface area contributed by atoms with Crippen molar-refractivity contribution in [2.24, 2.45) is 4.99 Å². The normalized spacial score (nSPS) is 12.3. The molecule has 0 spiro atoms. The van der Waals surface area contributed by atoms with Gasteiger partial charge in [-0.1, -0.05) is 37.3 Å². The molecule has 0 bridgehead atoms. The van der Waals surface area contributed by atoms with Gasteiger partial charge in [0.1, 0.15) is 10.8 Å². The van der Waals surface area contributed by atoms with Crippen LogP contribution in [0.2, 0.25) is 0 Å². The highest BCUT2D eigenvalue weighted by molar-refractivity contribution is 14.0. The van der Waals surface area contributed by atoms with Crippen LogP contribution in [0.15, 0.2) is 64.3 Å². The molecule has 3 rings (SSSR count). The number of halogens is 1. The summed E-state index contributed by atoms with van der Waals surface area (Å²) in [5.74, 6) is 1.75. The lowest BCUT2D eigenvalue weighted by Gasteiger charge is -2.18. The number of rotatable bonds is 8. The lowest BCUT2D eigenvalue weighted by atomic mass is 10.1. The van der Waals surface area contributed by atoms with Gasteiger partial charge < -0.3 is 15.1 Å². The zero-order valence-corrected chi connectivity index (χ0v) is 19.4. The van der Waals surface area contributed by atoms with Gasteiger partial charge in [0.2, 0.25) is 0 Å². The van der Waals surface area contributed by atoms with Crippen molar-refractivity contribution in [3.8, 4) is 0 Å². The highest BCUT2D eigenvalue weighted by atomic mass is 127. The second kappa shape index (κ2) is 11.9. The number of aliphatic imine (C=N–C) groups is 1. The fourth-order valence-corrected chi connectivity index (χ4v) is 3.46. The molecule has 1 aromatic carbocycles. The number of hydrogen-bond acceptors (Lipinski definition) is 4. The summed E-state index contributed by atoms with van der Waals surface area (Å²) in [5.41, 5.74) is 1.22. The van der Waals surface area contributed by atoms with Crippen molar-refractivity contribution in [1.82, 2.24) is 15.6 Å². The lowest BCUT2D eigenvalue weighted by molar-refractivity contribution is 0.506. The first-order chi connectivity index (χ1) is 13.2. The van der Waals surface area contributed by atoms with E-state index in [1.165, 1.54) is 10.4 Å². The van der Waals surface area contributed by atoms with E-state index >= 15 is 0 Å². The Hall–Kier alpha value is -1.87. The van der Waals surface area contributed by atoms with Gasteiger partial charge in [0, 0.05) is 24.0 Å². The van der Waals surface area contributed by atoms with Crippen molar-refractivity contribution in [2.75, 3.05) is 6.54 Å². The Morgan fingerprint density at radius 3 is 2.71 bits per heavy atom. The molecular weight excluding hydrogens is 483 g/mol. The number of benzene rings is 1. The van der Waals surface area contributed by atoms with Gasteiger partial charge in [0.05, 0.1) is 18.8 Å². The molecule has 0 saturated carbocycles. The number of hydrogen-bond donors (Lipinski definition) is 2. The molecule has 0 saturated heterocycles. The second-order valence-electron chi connectivity index (χ2n) is 6.27. The monoisotopic (exact) mass is 510 g/mol. The Balaban J connectivity index is 0.00000280. The van der Waals surface area contributed by atoms with Gasteiger partial charge in [-0.2, -0.15) is 0 Å². The zero-order valence-electron chi connectivity index (χ0n) is 16.2. The van der Waals surface area contributed by atoms with E-state index < -0.39 is 0 Å². The summed E-state index contributed by atoms with van der Waals surface area (Å²) in [7, 11) is 0. The molecule has 0 radical (unpaired) electrons.